The molecule has 1 aromatic carbocycles. The summed E-state index contributed by atoms with van der Waals surface area (Å²) >= 11 is 6.21. The van der Waals surface area contributed by atoms with Gasteiger partial charge in [0.1, 0.15) is 11.5 Å². The van der Waals surface area contributed by atoms with Gasteiger partial charge in [0.2, 0.25) is 0 Å². The molecule has 2 atom stereocenters. The molecule has 0 bridgehead atoms. The molecule has 0 amide bonds. The number of aromatic nitrogens is 2. The molecule has 6 heteroatoms. The molecule has 3 rings (SSSR count). The third-order valence-electron chi connectivity index (χ3n) is 4.03. The molecule has 24 heavy (non-hydrogen) atoms. The molecule has 0 aliphatic carbocycles. The zero-order chi connectivity index (χ0) is 17.1. The van der Waals surface area contributed by atoms with E-state index in [0.29, 0.717) is 23.7 Å². The van der Waals surface area contributed by atoms with Crippen molar-refractivity contribution >= 4 is 17.2 Å². The van der Waals surface area contributed by atoms with E-state index in [2.05, 4.69) is 10.3 Å². The fourth-order valence-corrected chi connectivity index (χ4v) is 2.93. The van der Waals surface area contributed by atoms with Crippen LogP contribution in [0.25, 0.3) is 5.65 Å². The second-order valence-electron chi connectivity index (χ2n) is 5.86. The third kappa shape index (κ3) is 3.75. The van der Waals surface area contributed by atoms with E-state index in [1.165, 1.54) is 12.1 Å². The Labute approximate surface area is 144 Å². The molecule has 126 valence electrons. The van der Waals surface area contributed by atoms with E-state index in [1.807, 2.05) is 35.7 Å². The van der Waals surface area contributed by atoms with E-state index < -0.39 is 6.10 Å². The molecular weight excluding hydrogens is 329 g/mol. The van der Waals surface area contributed by atoms with Crippen LogP contribution in [-0.4, -0.2) is 20.5 Å². The number of halogens is 2. The summed E-state index contributed by atoms with van der Waals surface area (Å²) in [5.74, 6) is -0.306. The lowest BCUT2D eigenvalue weighted by atomic mass is 10.0. The molecular formula is C18H19ClFN3O. The van der Waals surface area contributed by atoms with Crippen molar-refractivity contribution < 1.29 is 9.50 Å². The maximum absolute atomic E-state index is 12.9. The number of fused-ring (bicyclic) bond motifs is 1. The van der Waals surface area contributed by atoms with Crippen molar-refractivity contribution in [3.63, 3.8) is 0 Å². The van der Waals surface area contributed by atoms with Crippen LogP contribution in [-0.2, 0) is 6.54 Å². The molecule has 0 aliphatic rings. The van der Waals surface area contributed by atoms with Gasteiger partial charge in [-0.25, -0.2) is 9.37 Å². The van der Waals surface area contributed by atoms with E-state index in [-0.39, 0.29) is 11.9 Å². The number of aliphatic hydroxyl groups excluding tert-OH is 1. The standard InChI is InChI=1S/C18H19ClFN3O/c1-12(10-16(24)13-5-7-14(20)8-6-13)21-11-15-18(19)22-17-4-2-3-9-23(15)17/h2-9,12,16,21,24H,10-11H2,1H3. The minimum atomic E-state index is -0.647. The monoisotopic (exact) mass is 347 g/mol. The zero-order valence-electron chi connectivity index (χ0n) is 13.3. The summed E-state index contributed by atoms with van der Waals surface area (Å²) in [4.78, 5) is 4.31. The summed E-state index contributed by atoms with van der Waals surface area (Å²) in [6, 6.07) is 11.7. The lowest BCUT2D eigenvalue weighted by Gasteiger charge is -2.18. The SMILES string of the molecule is CC(CC(O)c1ccc(F)cc1)NCc1c(Cl)nc2ccccn12. The van der Waals surface area contributed by atoms with Gasteiger partial charge in [-0.1, -0.05) is 29.8 Å². The van der Waals surface area contributed by atoms with Crippen LogP contribution >= 0.6 is 11.6 Å². The van der Waals surface area contributed by atoms with Crippen LogP contribution in [0.5, 0.6) is 0 Å². The van der Waals surface area contributed by atoms with Crippen molar-refractivity contribution in [1.82, 2.24) is 14.7 Å². The van der Waals surface area contributed by atoms with Crippen molar-refractivity contribution in [1.29, 1.82) is 0 Å². The average Bonchev–Trinajstić information content (AvgIpc) is 2.88. The Morgan fingerprint density at radius 1 is 1.25 bits per heavy atom. The summed E-state index contributed by atoms with van der Waals surface area (Å²) in [5.41, 5.74) is 2.39. The summed E-state index contributed by atoms with van der Waals surface area (Å²) in [6.45, 7) is 2.53. The molecule has 2 unspecified atom stereocenters. The van der Waals surface area contributed by atoms with Crippen LogP contribution < -0.4 is 5.32 Å². The first kappa shape index (κ1) is 16.9. The summed E-state index contributed by atoms with van der Waals surface area (Å²) in [7, 11) is 0. The number of nitrogens with zero attached hydrogens (tertiary/aromatic N) is 2. The average molecular weight is 348 g/mol. The largest absolute Gasteiger partial charge is 0.388 e. The highest BCUT2D eigenvalue weighted by atomic mass is 35.5. The number of imidazole rings is 1. The molecule has 2 heterocycles. The van der Waals surface area contributed by atoms with Crippen LogP contribution in [0.2, 0.25) is 5.15 Å². The second-order valence-corrected chi connectivity index (χ2v) is 6.22. The maximum Gasteiger partial charge on any atom is 0.152 e. The molecule has 0 saturated carbocycles. The van der Waals surface area contributed by atoms with Crippen LogP contribution in [0.15, 0.2) is 48.7 Å². The Hall–Kier alpha value is -1.95. The highest BCUT2D eigenvalue weighted by molar-refractivity contribution is 6.30. The quantitative estimate of drug-likeness (QED) is 0.714. The second kappa shape index (κ2) is 7.30. The van der Waals surface area contributed by atoms with Gasteiger partial charge in [-0.15, -0.1) is 0 Å². The number of hydrogen-bond acceptors (Lipinski definition) is 3. The summed E-state index contributed by atoms with van der Waals surface area (Å²) in [5, 5.41) is 14.1. The maximum atomic E-state index is 12.9. The molecule has 0 fully saturated rings. The molecule has 3 aromatic rings. The van der Waals surface area contributed by atoms with E-state index in [0.717, 1.165) is 11.3 Å². The van der Waals surface area contributed by atoms with Gasteiger partial charge in [0.25, 0.3) is 0 Å². The number of benzene rings is 1. The summed E-state index contributed by atoms with van der Waals surface area (Å²) in [6.07, 6.45) is 1.79. The van der Waals surface area contributed by atoms with Gasteiger partial charge in [0.15, 0.2) is 5.15 Å². The molecule has 0 radical (unpaired) electrons. The van der Waals surface area contributed by atoms with Crippen LogP contribution in [0.4, 0.5) is 4.39 Å². The van der Waals surface area contributed by atoms with Gasteiger partial charge in [-0.2, -0.15) is 0 Å². The van der Waals surface area contributed by atoms with Gasteiger partial charge < -0.3 is 14.8 Å². The molecule has 0 spiro atoms. The van der Waals surface area contributed by atoms with E-state index in [4.69, 9.17) is 11.6 Å². The van der Waals surface area contributed by atoms with Gasteiger partial charge in [0.05, 0.1) is 11.8 Å². The topological polar surface area (TPSA) is 49.6 Å². The van der Waals surface area contributed by atoms with Gasteiger partial charge >= 0.3 is 0 Å². The van der Waals surface area contributed by atoms with Crippen molar-refractivity contribution in [2.24, 2.45) is 0 Å². The first-order chi connectivity index (χ1) is 11.5. The minimum absolute atomic E-state index is 0.0513. The Balaban J connectivity index is 1.61. The highest BCUT2D eigenvalue weighted by Crippen LogP contribution is 2.20. The van der Waals surface area contributed by atoms with E-state index in [9.17, 15) is 9.50 Å². The van der Waals surface area contributed by atoms with E-state index >= 15 is 0 Å². The lowest BCUT2D eigenvalue weighted by molar-refractivity contribution is 0.153. The van der Waals surface area contributed by atoms with Crippen molar-refractivity contribution in [2.75, 3.05) is 0 Å². The number of hydrogen-bond donors (Lipinski definition) is 2. The van der Waals surface area contributed by atoms with Crippen LogP contribution in [0.3, 0.4) is 0 Å². The predicted octanol–water partition coefficient (Wildman–Crippen LogP) is 3.73. The molecule has 4 nitrogen and oxygen atoms in total. The number of pyridine rings is 1. The van der Waals surface area contributed by atoms with Crippen LogP contribution in [0, 0.1) is 5.82 Å². The lowest BCUT2D eigenvalue weighted by Crippen LogP contribution is -2.28. The highest BCUT2D eigenvalue weighted by Gasteiger charge is 2.15. The van der Waals surface area contributed by atoms with E-state index in [1.54, 1.807) is 12.1 Å². The van der Waals surface area contributed by atoms with Crippen molar-refractivity contribution in [3.8, 4) is 0 Å². The Kier molecular flexibility index (Phi) is 5.14. The predicted molar refractivity (Wildman–Crippen MR) is 92.5 cm³/mol. The third-order valence-corrected chi connectivity index (χ3v) is 4.33. The summed E-state index contributed by atoms with van der Waals surface area (Å²) < 4.78 is 14.9. The first-order valence-corrected chi connectivity index (χ1v) is 8.21. The Morgan fingerprint density at radius 2 is 2.00 bits per heavy atom. The molecule has 2 N–H and O–H groups in total. The zero-order valence-corrected chi connectivity index (χ0v) is 14.0. The number of rotatable bonds is 6. The Bertz CT molecular complexity index is 819. The molecule has 2 aromatic heterocycles. The smallest absolute Gasteiger partial charge is 0.152 e. The number of nitrogens with one attached hydrogen (secondary N) is 1. The normalized spacial score (nSPS) is 14.0. The fourth-order valence-electron chi connectivity index (χ4n) is 2.69. The first-order valence-electron chi connectivity index (χ1n) is 7.83. The Morgan fingerprint density at radius 3 is 2.75 bits per heavy atom. The molecule has 0 saturated heterocycles. The fraction of sp³-hybridized carbons (Fsp3) is 0.278. The van der Waals surface area contributed by atoms with Crippen LogP contribution in [0.1, 0.15) is 30.7 Å². The number of aliphatic hydroxyl groups is 1. The molecule has 0 aliphatic heterocycles. The van der Waals surface area contributed by atoms with Gasteiger partial charge in [0, 0.05) is 18.8 Å². The van der Waals surface area contributed by atoms with Gasteiger partial charge in [-0.05, 0) is 43.2 Å². The minimum Gasteiger partial charge on any atom is -0.388 e. The van der Waals surface area contributed by atoms with Crippen molar-refractivity contribution in [3.05, 3.63) is 70.9 Å². The van der Waals surface area contributed by atoms with Gasteiger partial charge in [-0.3, -0.25) is 0 Å². The van der Waals surface area contributed by atoms with Crippen molar-refractivity contribution in [2.45, 2.75) is 32.0 Å².